The van der Waals surface area contributed by atoms with Crippen LogP contribution in [0.4, 0.5) is 0 Å². The Balaban J connectivity index is 1.39. The third-order valence-electron chi connectivity index (χ3n) is 5.43. The van der Waals surface area contributed by atoms with E-state index in [4.69, 9.17) is 10.2 Å². The molecular weight excluding hydrogens is 268 g/mol. The highest BCUT2D eigenvalue weighted by molar-refractivity contribution is 5.78. The molecule has 2 N–H and O–H groups in total. The number of hydrogen-bond acceptors (Lipinski definition) is 2. The van der Waals surface area contributed by atoms with Crippen LogP contribution in [0.1, 0.15) is 83.5 Å². The molecule has 0 radical (unpaired) electrons. The SMILES string of the molecule is O=C(O)C1(CCCCCCCCCC2(C(=O)O)CC2)CC1. The molecular formula is C17H28O4. The van der Waals surface area contributed by atoms with E-state index < -0.39 is 11.9 Å². The first-order valence-corrected chi connectivity index (χ1v) is 8.48. The van der Waals surface area contributed by atoms with Gasteiger partial charge in [-0.05, 0) is 38.5 Å². The van der Waals surface area contributed by atoms with Crippen LogP contribution in [0.3, 0.4) is 0 Å². The highest BCUT2D eigenvalue weighted by Crippen LogP contribution is 2.50. The Morgan fingerprint density at radius 1 is 0.619 bits per heavy atom. The molecule has 120 valence electrons. The van der Waals surface area contributed by atoms with Crippen molar-refractivity contribution in [2.45, 2.75) is 83.5 Å². The minimum atomic E-state index is -0.602. The monoisotopic (exact) mass is 296 g/mol. The van der Waals surface area contributed by atoms with Gasteiger partial charge in [0.1, 0.15) is 0 Å². The first kappa shape index (κ1) is 16.3. The molecule has 21 heavy (non-hydrogen) atoms. The van der Waals surface area contributed by atoms with Gasteiger partial charge in [-0.2, -0.15) is 0 Å². The summed E-state index contributed by atoms with van der Waals surface area (Å²) in [5, 5.41) is 18.1. The summed E-state index contributed by atoms with van der Waals surface area (Å²) in [4.78, 5) is 22.0. The molecule has 0 atom stereocenters. The predicted octanol–water partition coefficient (Wildman–Crippen LogP) is 4.23. The van der Waals surface area contributed by atoms with Crippen LogP contribution in [0, 0.1) is 10.8 Å². The average Bonchev–Trinajstić information content (AvgIpc) is 3.32. The number of unbranched alkanes of at least 4 members (excludes halogenated alkanes) is 6. The van der Waals surface area contributed by atoms with Gasteiger partial charge >= 0.3 is 11.9 Å². The lowest BCUT2D eigenvalue weighted by molar-refractivity contribution is -0.144. The van der Waals surface area contributed by atoms with E-state index in [1.165, 1.54) is 19.3 Å². The average molecular weight is 296 g/mol. The normalized spacial score (nSPS) is 21.0. The zero-order valence-electron chi connectivity index (χ0n) is 12.9. The van der Waals surface area contributed by atoms with Gasteiger partial charge in [0.25, 0.3) is 0 Å². The zero-order chi connectivity index (χ0) is 15.3. The Morgan fingerprint density at radius 3 is 1.14 bits per heavy atom. The van der Waals surface area contributed by atoms with Crippen molar-refractivity contribution in [2.75, 3.05) is 0 Å². The van der Waals surface area contributed by atoms with Gasteiger partial charge in [0, 0.05) is 0 Å². The maximum atomic E-state index is 11.0. The Bertz CT molecular complexity index is 344. The topological polar surface area (TPSA) is 74.6 Å². The van der Waals surface area contributed by atoms with Gasteiger partial charge in [-0.25, -0.2) is 0 Å². The van der Waals surface area contributed by atoms with E-state index in [1.54, 1.807) is 0 Å². The number of carboxylic acid groups (broad SMARTS) is 2. The minimum absolute atomic E-state index is 0.352. The van der Waals surface area contributed by atoms with Gasteiger partial charge in [-0.1, -0.05) is 44.9 Å². The number of carbonyl (C=O) groups is 2. The van der Waals surface area contributed by atoms with Crippen molar-refractivity contribution in [3.05, 3.63) is 0 Å². The van der Waals surface area contributed by atoms with Gasteiger partial charge in [0.15, 0.2) is 0 Å². The van der Waals surface area contributed by atoms with E-state index in [1.807, 2.05) is 0 Å². The molecule has 2 saturated carbocycles. The quantitative estimate of drug-likeness (QED) is 0.529. The van der Waals surface area contributed by atoms with Crippen LogP contribution in [0.15, 0.2) is 0 Å². The summed E-state index contributed by atoms with van der Waals surface area (Å²) in [7, 11) is 0. The first-order chi connectivity index (χ1) is 10.0. The lowest BCUT2D eigenvalue weighted by atomic mass is 9.96. The summed E-state index contributed by atoms with van der Waals surface area (Å²) in [6, 6.07) is 0. The van der Waals surface area contributed by atoms with Gasteiger partial charge in [0.05, 0.1) is 10.8 Å². The molecule has 0 unspecified atom stereocenters. The second-order valence-electron chi connectivity index (χ2n) is 7.15. The van der Waals surface area contributed by atoms with E-state index in [2.05, 4.69) is 0 Å². The molecule has 0 aromatic heterocycles. The van der Waals surface area contributed by atoms with Crippen molar-refractivity contribution in [3.8, 4) is 0 Å². The van der Waals surface area contributed by atoms with Gasteiger partial charge in [-0.3, -0.25) is 9.59 Å². The summed E-state index contributed by atoms with van der Waals surface area (Å²) in [5.74, 6) is -1.20. The van der Waals surface area contributed by atoms with E-state index in [9.17, 15) is 9.59 Å². The predicted molar refractivity (Wildman–Crippen MR) is 80.2 cm³/mol. The fourth-order valence-corrected chi connectivity index (χ4v) is 3.25. The van der Waals surface area contributed by atoms with E-state index in [0.717, 1.165) is 64.2 Å². The van der Waals surface area contributed by atoms with Crippen LogP contribution >= 0.6 is 0 Å². The van der Waals surface area contributed by atoms with Crippen molar-refractivity contribution in [2.24, 2.45) is 10.8 Å². The molecule has 0 aromatic carbocycles. The van der Waals surface area contributed by atoms with Crippen LogP contribution in [-0.2, 0) is 9.59 Å². The Hall–Kier alpha value is -1.06. The molecule has 2 aliphatic carbocycles. The highest BCUT2D eigenvalue weighted by atomic mass is 16.4. The summed E-state index contributed by atoms with van der Waals surface area (Å²) >= 11 is 0. The fraction of sp³-hybridized carbons (Fsp3) is 0.882. The molecule has 4 nitrogen and oxygen atoms in total. The first-order valence-electron chi connectivity index (χ1n) is 8.48. The summed E-state index contributed by atoms with van der Waals surface area (Å²) < 4.78 is 0. The fourth-order valence-electron chi connectivity index (χ4n) is 3.25. The standard InChI is InChI=1S/C17H28O4/c18-14(19)16(10-11-16)8-6-4-2-1-3-5-7-9-17(12-13-17)15(20)21/h1-13H2,(H,18,19)(H,20,21). The summed E-state index contributed by atoms with van der Waals surface area (Å²) in [6.45, 7) is 0. The molecule has 2 fully saturated rings. The Morgan fingerprint density at radius 2 is 0.905 bits per heavy atom. The number of rotatable bonds is 12. The maximum Gasteiger partial charge on any atom is 0.309 e. The molecule has 0 spiro atoms. The van der Waals surface area contributed by atoms with Gasteiger partial charge in [0.2, 0.25) is 0 Å². The number of aliphatic carboxylic acids is 2. The number of hydrogen-bond donors (Lipinski definition) is 2. The smallest absolute Gasteiger partial charge is 0.309 e. The second-order valence-corrected chi connectivity index (χ2v) is 7.15. The maximum absolute atomic E-state index is 11.0. The lowest BCUT2D eigenvalue weighted by Gasteiger charge is -2.09. The minimum Gasteiger partial charge on any atom is -0.481 e. The molecule has 0 bridgehead atoms. The lowest BCUT2D eigenvalue weighted by Crippen LogP contribution is -2.14. The molecule has 0 saturated heterocycles. The van der Waals surface area contributed by atoms with Crippen molar-refractivity contribution in [3.63, 3.8) is 0 Å². The van der Waals surface area contributed by atoms with Gasteiger partial charge in [-0.15, -0.1) is 0 Å². The van der Waals surface area contributed by atoms with Gasteiger partial charge < -0.3 is 10.2 Å². The van der Waals surface area contributed by atoms with Crippen LogP contribution in [0.5, 0.6) is 0 Å². The third kappa shape index (κ3) is 4.45. The van der Waals surface area contributed by atoms with E-state index in [-0.39, 0.29) is 10.8 Å². The Labute approximate surface area is 126 Å². The molecule has 0 amide bonds. The molecule has 0 aromatic rings. The highest BCUT2D eigenvalue weighted by Gasteiger charge is 2.49. The van der Waals surface area contributed by atoms with Crippen LogP contribution in [0.2, 0.25) is 0 Å². The van der Waals surface area contributed by atoms with Crippen LogP contribution < -0.4 is 0 Å². The molecule has 4 heteroatoms. The van der Waals surface area contributed by atoms with Crippen molar-refractivity contribution in [1.29, 1.82) is 0 Å². The Kier molecular flexibility index (Phi) is 5.28. The van der Waals surface area contributed by atoms with E-state index >= 15 is 0 Å². The largest absolute Gasteiger partial charge is 0.481 e. The van der Waals surface area contributed by atoms with Crippen molar-refractivity contribution >= 4 is 11.9 Å². The van der Waals surface area contributed by atoms with E-state index in [0.29, 0.717) is 0 Å². The summed E-state index contributed by atoms with van der Waals surface area (Å²) in [6.07, 6.45) is 13.1. The zero-order valence-corrected chi connectivity index (χ0v) is 12.9. The molecule has 0 heterocycles. The molecule has 2 aliphatic rings. The molecule has 2 rings (SSSR count). The third-order valence-corrected chi connectivity index (χ3v) is 5.43. The van der Waals surface area contributed by atoms with Crippen molar-refractivity contribution < 1.29 is 19.8 Å². The number of carboxylic acids is 2. The van der Waals surface area contributed by atoms with Crippen LogP contribution in [-0.4, -0.2) is 22.2 Å². The van der Waals surface area contributed by atoms with Crippen LogP contribution in [0.25, 0.3) is 0 Å². The molecule has 0 aliphatic heterocycles. The summed E-state index contributed by atoms with van der Waals surface area (Å²) in [5.41, 5.74) is -0.704. The second kappa shape index (κ2) is 6.80. The van der Waals surface area contributed by atoms with Crippen molar-refractivity contribution in [1.82, 2.24) is 0 Å².